The Bertz CT molecular complexity index is 798. The summed E-state index contributed by atoms with van der Waals surface area (Å²) in [6.07, 6.45) is 0.794. The summed E-state index contributed by atoms with van der Waals surface area (Å²) in [5.74, 6) is -1.60. The molecule has 0 radical (unpaired) electrons. The highest BCUT2D eigenvalue weighted by Crippen LogP contribution is 2.46. The van der Waals surface area contributed by atoms with E-state index in [1.54, 1.807) is 18.2 Å². The van der Waals surface area contributed by atoms with E-state index >= 15 is 0 Å². The molecule has 0 fully saturated rings. The molecule has 2 rings (SSSR count). The third-order valence-corrected chi connectivity index (χ3v) is 4.65. The molecular weight excluding hydrogens is 434 g/mol. The number of esters is 1. The Balaban J connectivity index is 2.48. The van der Waals surface area contributed by atoms with Crippen molar-refractivity contribution in [2.45, 2.75) is 32.3 Å². The molecule has 1 aliphatic rings. The van der Waals surface area contributed by atoms with Crippen LogP contribution in [-0.2, 0) is 29.5 Å². The average Bonchev–Trinajstić information content (AvgIpc) is 2.90. The molecule has 1 aromatic carbocycles. The van der Waals surface area contributed by atoms with Crippen molar-refractivity contribution in [3.63, 3.8) is 0 Å². The Morgan fingerprint density at radius 1 is 1.21 bits per heavy atom. The Labute approximate surface area is 171 Å². The molecule has 1 N–H and O–H groups in total. The second-order valence-electron chi connectivity index (χ2n) is 6.09. The van der Waals surface area contributed by atoms with Crippen LogP contribution < -0.4 is 14.8 Å². The zero-order valence-corrected chi connectivity index (χ0v) is 17.7. The molecule has 28 heavy (non-hydrogen) atoms. The number of ketones is 1. The van der Waals surface area contributed by atoms with Gasteiger partial charge in [0.2, 0.25) is 23.2 Å². The van der Waals surface area contributed by atoms with E-state index in [4.69, 9.17) is 18.9 Å². The van der Waals surface area contributed by atoms with Crippen molar-refractivity contribution in [3.05, 3.63) is 35.4 Å². The van der Waals surface area contributed by atoms with Gasteiger partial charge in [-0.1, -0.05) is 22.0 Å². The van der Waals surface area contributed by atoms with Crippen molar-refractivity contribution >= 4 is 33.6 Å². The number of alkyl halides is 1. The van der Waals surface area contributed by atoms with E-state index < -0.39 is 17.4 Å². The Kier molecular flexibility index (Phi) is 7.06. The lowest BCUT2D eigenvalue weighted by Gasteiger charge is -2.27. The molecule has 152 valence electrons. The number of amides is 1. The fourth-order valence-electron chi connectivity index (χ4n) is 2.84. The van der Waals surface area contributed by atoms with E-state index in [0.29, 0.717) is 28.8 Å². The molecule has 1 atom stereocenters. The zero-order valence-electron chi connectivity index (χ0n) is 16.1. The molecule has 1 unspecified atom stereocenters. The van der Waals surface area contributed by atoms with Gasteiger partial charge >= 0.3 is 5.97 Å². The van der Waals surface area contributed by atoms with Gasteiger partial charge < -0.3 is 18.9 Å². The third-order valence-electron chi connectivity index (χ3n) is 4.09. The minimum Gasteiger partial charge on any atom is -0.496 e. The zero-order chi connectivity index (χ0) is 20.9. The largest absolute Gasteiger partial charge is 0.496 e. The highest BCUT2D eigenvalue weighted by molar-refractivity contribution is 9.09. The smallest absolute Gasteiger partial charge is 0.308 e. The first-order valence-corrected chi connectivity index (χ1v) is 9.64. The van der Waals surface area contributed by atoms with Crippen LogP contribution in [0, 0.1) is 0 Å². The van der Waals surface area contributed by atoms with Crippen molar-refractivity contribution in [2.24, 2.45) is 0 Å². The minimum atomic E-state index is -1.62. The van der Waals surface area contributed by atoms with Crippen molar-refractivity contribution in [2.75, 3.05) is 19.5 Å². The molecule has 0 aliphatic carbocycles. The van der Waals surface area contributed by atoms with Crippen LogP contribution >= 0.6 is 15.9 Å². The van der Waals surface area contributed by atoms with Gasteiger partial charge in [-0.3, -0.25) is 19.7 Å². The normalized spacial score (nSPS) is 18.5. The van der Waals surface area contributed by atoms with Crippen LogP contribution in [0.3, 0.4) is 0 Å². The number of carbonyl (C=O) groups is 3. The first-order valence-electron chi connectivity index (χ1n) is 8.52. The first kappa shape index (κ1) is 21.7. The van der Waals surface area contributed by atoms with Crippen LogP contribution in [0.2, 0.25) is 0 Å². The molecular formula is C19H22BrNO7. The lowest BCUT2D eigenvalue weighted by atomic mass is 9.90. The molecule has 0 bridgehead atoms. The van der Waals surface area contributed by atoms with E-state index in [1.807, 2.05) is 0 Å². The van der Waals surface area contributed by atoms with Crippen LogP contribution in [0.4, 0.5) is 0 Å². The second-order valence-corrected chi connectivity index (χ2v) is 6.89. The van der Waals surface area contributed by atoms with E-state index in [0.717, 1.165) is 6.92 Å². The number of hydrogen-bond donors (Lipinski definition) is 1. The summed E-state index contributed by atoms with van der Waals surface area (Å²) in [5.41, 5.74) is -1.31. The summed E-state index contributed by atoms with van der Waals surface area (Å²) in [6, 6.07) is 5.00. The van der Waals surface area contributed by atoms with Gasteiger partial charge in [0.1, 0.15) is 11.5 Å². The van der Waals surface area contributed by atoms with Crippen LogP contribution in [0.5, 0.6) is 11.5 Å². The summed E-state index contributed by atoms with van der Waals surface area (Å²) >= 11 is 3.25. The maximum atomic E-state index is 13.2. The van der Waals surface area contributed by atoms with Crippen molar-refractivity contribution in [1.82, 2.24) is 5.32 Å². The van der Waals surface area contributed by atoms with E-state index in [9.17, 15) is 14.4 Å². The topological polar surface area (TPSA) is 100 Å². The monoisotopic (exact) mass is 455 g/mol. The van der Waals surface area contributed by atoms with Crippen molar-refractivity contribution in [1.29, 1.82) is 0 Å². The maximum absolute atomic E-state index is 13.2. The number of ether oxygens (including phenoxy) is 4. The van der Waals surface area contributed by atoms with Gasteiger partial charge in [-0.2, -0.15) is 0 Å². The summed E-state index contributed by atoms with van der Waals surface area (Å²) in [7, 11) is 2.90. The van der Waals surface area contributed by atoms with Gasteiger partial charge in [0.15, 0.2) is 0 Å². The Morgan fingerprint density at radius 3 is 2.32 bits per heavy atom. The summed E-state index contributed by atoms with van der Waals surface area (Å²) in [4.78, 5) is 36.8. The molecule has 0 saturated carbocycles. The highest BCUT2D eigenvalue weighted by atomic mass is 79.9. The third kappa shape index (κ3) is 4.30. The van der Waals surface area contributed by atoms with E-state index in [-0.39, 0.29) is 24.0 Å². The molecule has 8 nitrogen and oxygen atoms in total. The fraction of sp³-hybridized carbons (Fsp3) is 0.421. The lowest BCUT2D eigenvalue weighted by Crippen LogP contribution is -2.33. The van der Waals surface area contributed by atoms with Gasteiger partial charge in [0.25, 0.3) is 5.78 Å². The second kappa shape index (κ2) is 9.09. The van der Waals surface area contributed by atoms with E-state index in [1.165, 1.54) is 21.1 Å². The molecule has 1 amide bonds. The number of halogens is 1. The molecule has 1 heterocycles. The van der Waals surface area contributed by atoms with Crippen LogP contribution in [0.1, 0.15) is 32.3 Å². The van der Waals surface area contributed by atoms with Crippen LogP contribution in [0.25, 0.3) is 0 Å². The molecule has 1 aromatic rings. The number of nitrogens with one attached hydrogen (secondary N) is 1. The predicted octanol–water partition coefficient (Wildman–Crippen LogP) is 2.54. The van der Waals surface area contributed by atoms with Gasteiger partial charge in [-0.25, -0.2) is 0 Å². The number of methoxy groups -OCH3 is 2. The Hall–Kier alpha value is -2.55. The lowest BCUT2D eigenvalue weighted by molar-refractivity contribution is -0.142. The number of hydrogen-bond acceptors (Lipinski definition) is 7. The number of carbonyl (C=O) groups excluding carboxylic acids is 3. The first-order chi connectivity index (χ1) is 13.3. The number of benzene rings is 1. The molecule has 1 aliphatic heterocycles. The van der Waals surface area contributed by atoms with Crippen LogP contribution in [-0.4, -0.2) is 37.2 Å². The molecule has 0 spiro atoms. The van der Waals surface area contributed by atoms with Crippen LogP contribution in [0.15, 0.2) is 29.8 Å². The number of Topliss-reactive ketones (excluding diaryl/α,β-unsaturated/α-hetero) is 1. The molecule has 0 aromatic heterocycles. The van der Waals surface area contributed by atoms with Gasteiger partial charge in [0.05, 0.1) is 19.8 Å². The summed E-state index contributed by atoms with van der Waals surface area (Å²) < 4.78 is 21.6. The molecule has 0 saturated heterocycles. The Morgan fingerprint density at radius 2 is 1.82 bits per heavy atom. The summed E-state index contributed by atoms with van der Waals surface area (Å²) in [5, 5.41) is 3.16. The van der Waals surface area contributed by atoms with Gasteiger partial charge in [0, 0.05) is 18.7 Å². The van der Waals surface area contributed by atoms with E-state index in [2.05, 4.69) is 21.2 Å². The van der Waals surface area contributed by atoms with Crippen molar-refractivity contribution < 1.29 is 33.3 Å². The molecule has 9 heteroatoms. The average molecular weight is 456 g/mol. The minimum absolute atomic E-state index is 0.203. The standard InChI is InChI=1S/C19H22BrNO7/c1-11(22)27-16-17(24)19(2,28-18(16)21-14(23)9-6-10-20)15-12(25-3)7-5-8-13(15)26-4/h5,7-8H,6,9-10H2,1-4H3,(H,21,23). The quantitative estimate of drug-likeness (QED) is 0.474. The predicted molar refractivity (Wildman–Crippen MR) is 103 cm³/mol. The highest BCUT2D eigenvalue weighted by Gasteiger charge is 2.52. The van der Waals surface area contributed by atoms with Gasteiger partial charge in [-0.15, -0.1) is 0 Å². The van der Waals surface area contributed by atoms with Crippen molar-refractivity contribution in [3.8, 4) is 11.5 Å². The maximum Gasteiger partial charge on any atom is 0.308 e. The fourth-order valence-corrected chi connectivity index (χ4v) is 3.12. The number of rotatable bonds is 8. The van der Waals surface area contributed by atoms with Gasteiger partial charge in [-0.05, 0) is 25.5 Å². The SMILES string of the molecule is COc1cccc(OC)c1C1(C)OC(NC(=O)CCCBr)=C(OC(C)=O)C1=O. The summed E-state index contributed by atoms with van der Waals surface area (Å²) in [6.45, 7) is 2.65.